The Labute approximate surface area is 156 Å². The van der Waals surface area contributed by atoms with Crippen LogP contribution in [0.5, 0.6) is 11.5 Å². The number of amides is 1. The Morgan fingerprint density at radius 3 is 2.77 bits per heavy atom. The lowest BCUT2D eigenvalue weighted by molar-refractivity contribution is -0.118. The molecule has 2 atom stereocenters. The van der Waals surface area contributed by atoms with Crippen molar-refractivity contribution in [3.63, 3.8) is 0 Å². The normalized spacial score (nSPS) is 20.2. The van der Waals surface area contributed by atoms with Crippen LogP contribution in [0.1, 0.15) is 51.5 Å². The maximum atomic E-state index is 12.5. The molecule has 1 aliphatic carbocycles. The van der Waals surface area contributed by atoms with Crippen molar-refractivity contribution in [1.82, 2.24) is 5.32 Å². The highest BCUT2D eigenvalue weighted by Gasteiger charge is 2.24. The predicted molar refractivity (Wildman–Crippen MR) is 102 cm³/mol. The molecule has 0 aliphatic heterocycles. The first-order valence-corrected chi connectivity index (χ1v) is 9.32. The van der Waals surface area contributed by atoms with E-state index in [4.69, 9.17) is 9.47 Å². The van der Waals surface area contributed by atoms with Crippen molar-refractivity contribution in [2.75, 3.05) is 13.7 Å². The van der Waals surface area contributed by atoms with E-state index in [1.807, 2.05) is 19.1 Å². The summed E-state index contributed by atoms with van der Waals surface area (Å²) in [5.41, 5.74) is 0.842. The molecule has 1 aromatic carbocycles. The Morgan fingerprint density at radius 2 is 2.12 bits per heavy atom. The van der Waals surface area contributed by atoms with Crippen LogP contribution in [0.3, 0.4) is 0 Å². The minimum atomic E-state index is -0.307. The lowest BCUT2D eigenvalue weighted by Gasteiger charge is -2.29. The Morgan fingerprint density at radius 1 is 1.35 bits per heavy atom. The van der Waals surface area contributed by atoms with Crippen LogP contribution in [0, 0.1) is 17.2 Å². The molecular weight excluding hydrogens is 328 g/mol. The minimum Gasteiger partial charge on any atom is -0.493 e. The lowest BCUT2D eigenvalue weighted by atomic mass is 9.86. The van der Waals surface area contributed by atoms with E-state index in [0.29, 0.717) is 24.0 Å². The molecule has 1 aromatic rings. The molecule has 1 fully saturated rings. The summed E-state index contributed by atoms with van der Waals surface area (Å²) >= 11 is 0. The molecule has 1 aliphatic rings. The summed E-state index contributed by atoms with van der Waals surface area (Å²) in [7, 11) is 1.59. The quantitative estimate of drug-likeness (QED) is 0.590. The van der Waals surface area contributed by atoms with Crippen LogP contribution in [-0.4, -0.2) is 25.7 Å². The zero-order valence-corrected chi connectivity index (χ0v) is 15.9. The van der Waals surface area contributed by atoms with Gasteiger partial charge in [-0.1, -0.05) is 32.8 Å². The monoisotopic (exact) mass is 356 g/mol. The van der Waals surface area contributed by atoms with Crippen molar-refractivity contribution >= 4 is 12.0 Å². The first-order chi connectivity index (χ1) is 12.6. The SMILES string of the molecule is CCCOc1cc(/C=C(\C#N)C(=O)NC2CCCCC2C)ccc1OC. The highest BCUT2D eigenvalue weighted by atomic mass is 16.5. The summed E-state index contributed by atoms with van der Waals surface area (Å²) in [4.78, 5) is 12.5. The molecule has 0 heterocycles. The molecule has 0 bridgehead atoms. The second-order valence-corrected chi connectivity index (χ2v) is 6.77. The molecule has 1 amide bonds. The number of hydrogen-bond donors (Lipinski definition) is 1. The second-order valence-electron chi connectivity index (χ2n) is 6.77. The lowest BCUT2D eigenvalue weighted by Crippen LogP contribution is -2.41. The van der Waals surface area contributed by atoms with Gasteiger partial charge >= 0.3 is 0 Å². The first-order valence-electron chi connectivity index (χ1n) is 9.32. The largest absolute Gasteiger partial charge is 0.493 e. The van der Waals surface area contributed by atoms with E-state index >= 15 is 0 Å². The zero-order chi connectivity index (χ0) is 18.9. The third-order valence-corrected chi connectivity index (χ3v) is 4.75. The van der Waals surface area contributed by atoms with Gasteiger partial charge in [-0.2, -0.15) is 5.26 Å². The van der Waals surface area contributed by atoms with Crippen LogP contribution >= 0.6 is 0 Å². The summed E-state index contributed by atoms with van der Waals surface area (Å²) < 4.78 is 11.0. The van der Waals surface area contributed by atoms with Crippen molar-refractivity contribution in [3.8, 4) is 17.6 Å². The molecule has 0 radical (unpaired) electrons. The molecule has 0 aromatic heterocycles. The highest BCUT2D eigenvalue weighted by molar-refractivity contribution is 6.01. The number of carbonyl (C=O) groups is 1. The fourth-order valence-electron chi connectivity index (χ4n) is 3.20. The van der Waals surface area contributed by atoms with Crippen LogP contribution in [0.2, 0.25) is 0 Å². The van der Waals surface area contributed by atoms with Gasteiger partial charge in [-0.15, -0.1) is 0 Å². The zero-order valence-electron chi connectivity index (χ0n) is 15.9. The predicted octanol–water partition coefficient (Wildman–Crippen LogP) is 4.09. The van der Waals surface area contributed by atoms with Gasteiger partial charge < -0.3 is 14.8 Å². The third-order valence-electron chi connectivity index (χ3n) is 4.75. The number of hydrogen-bond acceptors (Lipinski definition) is 4. The third kappa shape index (κ3) is 5.26. The van der Waals surface area contributed by atoms with E-state index in [-0.39, 0.29) is 17.5 Å². The Hall–Kier alpha value is -2.48. The molecule has 5 heteroatoms. The van der Waals surface area contributed by atoms with Crippen molar-refractivity contribution in [2.24, 2.45) is 5.92 Å². The molecule has 5 nitrogen and oxygen atoms in total. The van der Waals surface area contributed by atoms with Gasteiger partial charge in [0.05, 0.1) is 13.7 Å². The Kier molecular flexibility index (Phi) is 7.53. The maximum absolute atomic E-state index is 12.5. The van der Waals surface area contributed by atoms with Crippen molar-refractivity contribution in [1.29, 1.82) is 5.26 Å². The summed E-state index contributed by atoms with van der Waals surface area (Å²) in [6, 6.07) is 7.56. The van der Waals surface area contributed by atoms with E-state index in [0.717, 1.165) is 31.2 Å². The summed E-state index contributed by atoms with van der Waals surface area (Å²) in [6.07, 6.45) is 6.91. The van der Waals surface area contributed by atoms with Crippen molar-refractivity contribution in [2.45, 2.75) is 52.0 Å². The maximum Gasteiger partial charge on any atom is 0.262 e. The Balaban J connectivity index is 2.16. The topological polar surface area (TPSA) is 71.3 Å². The first kappa shape index (κ1) is 19.8. The molecule has 26 heavy (non-hydrogen) atoms. The smallest absolute Gasteiger partial charge is 0.262 e. The molecule has 2 unspecified atom stereocenters. The van der Waals surface area contributed by atoms with Gasteiger partial charge in [0.1, 0.15) is 11.6 Å². The summed E-state index contributed by atoms with van der Waals surface area (Å²) in [5, 5.41) is 12.5. The van der Waals surface area contributed by atoms with Gasteiger partial charge in [-0.25, -0.2) is 0 Å². The minimum absolute atomic E-state index is 0.106. The van der Waals surface area contributed by atoms with Gasteiger partial charge in [0.25, 0.3) is 5.91 Å². The fraction of sp³-hybridized carbons (Fsp3) is 0.524. The van der Waals surface area contributed by atoms with Crippen LogP contribution in [0.15, 0.2) is 23.8 Å². The van der Waals surface area contributed by atoms with Gasteiger partial charge in [0.2, 0.25) is 0 Å². The molecule has 0 spiro atoms. The second kappa shape index (κ2) is 9.86. The summed E-state index contributed by atoms with van der Waals surface area (Å²) in [6.45, 7) is 4.76. The van der Waals surface area contributed by atoms with Gasteiger partial charge in [-0.3, -0.25) is 4.79 Å². The number of methoxy groups -OCH3 is 1. The Bertz CT molecular complexity index is 691. The molecule has 2 rings (SSSR count). The molecule has 1 N–H and O–H groups in total. The summed E-state index contributed by atoms with van der Waals surface area (Å²) in [5.74, 6) is 1.39. The van der Waals surface area contributed by atoms with Gasteiger partial charge in [-0.05, 0) is 49.0 Å². The molecule has 140 valence electrons. The van der Waals surface area contributed by atoms with Crippen molar-refractivity contribution < 1.29 is 14.3 Å². The molecular formula is C21H28N2O3. The highest BCUT2D eigenvalue weighted by Crippen LogP contribution is 2.29. The number of benzene rings is 1. The van der Waals surface area contributed by atoms with Crippen LogP contribution in [-0.2, 0) is 4.79 Å². The molecule has 1 saturated carbocycles. The standard InChI is InChI=1S/C21H28N2O3/c1-4-11-26-20-13-16(9-10-19(20)25-3)12-17(14-22)21(24)23-18-8-6-5-7-15(18)2/h9-10,12-13,15,18H,4-8,11H2,1-3H3,(H,23,24)/b17-12+. The number of nitrogens with one attached hydrogen (secondary N) is 1. The van der Waals surface area contributed by atoms with E-state index in [1.54, 1.807) is 25.3 Å². The fourth-order valence-corrected chi connectivity index (χ4v) is 3.20. The number of ether oxygens (including phenoxy) is 2. The number of rotatable bonds is 7. The van der Waals surface area contributed by atoms with Gasteiger partial charge in [0.15, 0.2) is 11.5 Å². The van der Waals surface area contributed by atoms with E-state index in [2.05, 4.69) is 12.2 Å². The van der Waals surface area contributed by atoms with Crippen LogP contribution < -0.4 is 14.8 Å². The average Bonchev–Trinajstić information content (AvgIpc) is 2.66. The molecule has 0 saturated heterocycles. The van der Waals surface area contributed by atoms with E-state index < -0.39 is 0 Å². The van der Waals surface area contributed by atoms with Crippen LogP contribution in [0.4, 0.5) is 0 Å². The van der Waals surface area contributed by atoms with Gasteiger partial charge in [0, 0.05) is 6.04 Å². The average molecular weight is 356 g/mol. The number of nitrogens with zero attached hydrogens (tertiary/aromatic N) is 1. The number of nitriles is 1. The number of carbonyl (C=O) groups excluding carboxylic acids is 1. The van der Waals surface area contributed by atoms with E-state index in [1.165, 1.54) is 6.42 Å². The van der Waals surface area contributed by atoms with Crippen LogP contribution in [0.25, 0.3) is 6.08 Å². The van der Waals surface area contributed by atoms with E-state index in [9.17, 15) is 10.1 Å². The van der Waals surface area contributed by atoms with Crippen molar-refractivity contribution in [3.05, 3.63) is 29.3 Å².